The number of nitrogens with zero attached hydrogens (tertiary/aromatic N) is 4. The van der Waals surface area contributed by atoms with Crippen molar-refractivity contribution in [2.24, 2.45) is 12.0 Å². The van der Waals surface area contributed by atoms with E-state index in [1.54, 1.807) is 16.8 Å². The van der Waals surface area contributed by atoms with Crippen molar-refractivity contribution in [1.29, 1.82) is 0 Å². The molecule has 22 heavy (non-hydrogen) atoms. The molecule has 0 aliphatic rings. The van der Waals surface area contributed by atoms with Crippen LogP contribution in [0, 0.1) is 0 Å². The van der Waals surface area contributed by atoms with Crippen LogP contribution in [0.15, 0.2) is 29.5 Å². The Morgan fingerprint density at radius 2 is 2.14 bits per heavy atom. The molecule has 1 heterocycles. The Hall–Kier alpha value is -1.79. The van der Waals surface area contributed by atoms with Crippen molar-refractivity contribution in [2.75, 3.05) is 6.54 Å². The SMILES string of the molecule is CCNC(=NCc1ccc(Cl)cc1Cl)NCc1ncnn1C. The van der Waals surface area contributed by atoms with E-state index in [2.05, 4.69) is 25.7 Å². The first-order valence-corrected chi connectivity index (χ1v) is 7.64. The van der Waals surface area contributed by atoms with Crippen LogP contribution in [0.25, 0.3) is 0 Å². The number of guanidine groups is 1. The molecule has 0 radical (unpaired) electrons. The lowest BCUT2D eigenvalue weighted by Gasteiger charge is -2.11. The third kappa shape index (κ3) is 4.61. The second kappa shape index (κ2) is 8.00. The number of rotatable bonds is 5. The molecule has 0 saturated heterocycles. The van der Waals surface area contributed by atoms with Crippen molar-refractivity contribution in [3.8, 4) is 0 Å². The lowest BCUT2D eigenvalue weighted by Crippen LogP contribution is -2.37. The highest BCUT2D eigenvalue weighted by atomic mass is 35.5. The summed E-state index contributed by atoms with van der Waals surface area (Å²) in [6, 6.07) is 5.40. The number of aromatic nitrogens is 3. The summed E-state index contributed by atoms with van der Waals surface area (Å²) in [5.41, 5.74) is 0.918. The van der Waals surface area contributed by atoms with Gasteiger partial charge in [-0.05, 0) is 24.6 Å². The Morgan fingerprint density at radius 1 is 1.32 bits per heavy atom. The summed E-state index contributed by atoms with van der Waals surface area (Å²) in [6.07, 6.45) is 1.52. The standard InChI is InChI=1S/C14H18Cl2N6/c1-3-17-14(19-8-13-20-9-21-22(13)2)18-7-10-4-5-11(15)6-12(10)16/h4-6,9H,3,7-8H2,1-2H3,(H2,17,18,19). The van der Waals surface area contributed by atoms with Crippen molar-refractivity contribution in [2.45, 2.75) is 20.0 Å². The molecule has 0 amide bonds. The molecule has 1 aromatic carbocycles. The van der Waals surface area contributed by atoms with Crippen LogP contribution in [0.1, 0.15) is 18.3 Å². The Kier molecular flexibility index (Phi) is 6.03. The highest BCUT2D eigenvalue weighted by Gasteiger charge is 2.04. The van der Waals surface area contributed by atoms with Gasteiger partial charge in [0.1, 0.15) is 12.2 Å². The summed E-state index contributed by atoms with van der Waals surface area (Å²) in [4.78, 5) is 8.67. The number of hydrogen-bond donors (Lipinski definition) is 2. The average molecular weight is 341 g/mol. The number of nitrogens with one attached hydrogen (secondary N) is 2. The minimum atomic E-state index is 0.462. The molecular formula is C14H18Cl2N6. The van der Waals surface area contributed by atoms with Gasteiger partial charge in [-0.1, -0.05) is 29.3 Å². The number of halogens is 2. The Morgan fingerprint density at radius 3 is 2.77 bits per heavy atom. The average Bonchev–Trinajstić information content (AvgIpc) is 2.89. The lowest BCUT2D eigenvalue weighted by molar-refractivity contribution is 0.673. The van der Waals surface area contributed by atoms with E-state index in [-0.39, 0.29) is 0 Å². The normalized spacial score (nSPS) is 11.5. The van der Waals surface area contributed by atoms with Gasteiger partial charge in [0.05, 0.1) is 13.1 Å². The molecule has 0 atom stereocenters. The Labute approximate surface area is 139 Å². The monoisotopic (exact) mass is 340 g/mol. The van der Waals surface area contributed by atoms with Crippen LogP contribution in [-0.2, 0) is 20.1 Å². The van der Waals surface area contributed by atoms with E-state index >= 15 is 0 Å². The molecule has 2 aromatic rings. The van der Waals surface area contributed by atoms with Crippen molar-refractivity contribution in [1.82, 2.24) is 25.4 Å². The first-order valence-electron chi connectivity index (χ1n) is 6.89. The minimum Gasteiger partial charge on any atom is -0.357 e. The van der Waals surface area contributed by atoms with Gasteiger partial charge in [0.25, 0.3) is 0 Å². The van der Waals surface area contributed by atoms with Gasteiger partial charge in [-0.2, -0.15) is 5.10 Å². The van der Waals surface area contributed by atoms with Crippen molar-refractivity contribution in [3.05, 3.63) is 46.0 Å². The molecule has 6 nitrogen and oxygen atoms in total. The summed E-state index contributed by atoms with van der Waals surface area (Å²) >= 11 is 12.0. The summed E-state index contributed by atoms with van der Waals surface area (Å²) in [7, 11) is 1.85. The van der Waals surface area contributed by atoms with Gasteiger partial charge in [0.2, 0.25) is 0 Å². The highest BCUT2D eigenvalue weighted by molar-refractivity contribution is 6.35. The van der Waals surface area contributed by atoms with E-state index < -0.39 is 0 Å². The molecule has 2 N–H and O–H groups in total. The van der Waals surface area contributed by atoms with Crippen molar-refractivity contribution < 1.29 is 0 Å². The first kappa shape index (κ1) is 16.6. The molecule has 0 bridgehead atoms. The van der Waals surface area contributed by atoms with E-state index in [4.69, 9.17) is 23.2 Å². The molecule has 0 aliphatic carbocycles. The molecule has 0 aliphatic heterocycles. The van der Waals surface area contributed by atoms with E-state index in [1.807, 2.05) is 20.0 Å². The highest BCUT2D eigenvalue weighted by Crippen LogP contribution is 2.21. The summed E-state index contributed by atoms with van der Waals surface area (Å²) < 4.78 is 1.71. The number of hydrogen-bond acceptors (Lipinski definition) is 3. The van der Waals surface area contributed by atoms with Crippen LogP contribution in [-0.4, -0.2) is 27.3 Å². The van der Waals surface area contributed by atoms with Gasteiger partial charge in [-0.3, -0.25) is 4.68 Å². The van der Waals surface area contributed by atoms with E-state index in [9.17, 15) is 0 Å². The van der Waals surface area contributed by atoms with Crippen LogP contribution >= 0.6 is 23.2 Å². The fourth-order valence-electron chi connectivity index (χ4n) is 1.80. The zero-order valence-corrected chi connectivity index (χ0v) is 14.0. The topological polar surface area (TPSA) is 67.1 Å². The third-order valence-electron chi connectivity index (χ3n) is 2.99. The molecule has 8 heteroatoms. The third-order valence-corrected chi connectivity index (χ3v) is 3.57. The molecule has 0 saturated carbocycles. The smallest absolute Gasteiger partial charge is 0.191 e. The van der Waals surface area contributed by atoms with Gasteiger partial charge in [-0.25, -0.2) is 9.98 Å². The van der Waals surface area contributed by atoms with Crippen LogP contribution < -0.4 is 10.6 Å². The van der Waals surface area contributed by atoms with Crippen LogP contribution in [0.4, 0.5) is 0 Å². The Bertz CT molecular complexity index is 653. The molecule has 0 unspecified atom stereocenters. The number of benzene rings is 1. The van der Waals surface area contributed by atoms with Gasteiger partial charge in [0.15, 0.2) is 5.96 Å². The zero-order chi connectivity index (χ0) is 15.9. The molecule has 2 rings (SSSR count). The lowest BCUT2D eigenvalue weighted by atomic mass is 10.2. The minimum absolute atomic E-state index is 0.462. The van der Waals surface area contributed by atoms with Crippen molar-refractivity contribution in [3.63, 3.8) is 0 Å². The maximum atomic E-state index is 6.15. The summed E-state index contributed by atoms with van der Waals surface area (Å²) in [5, 5.41) is 11.6. The second-order valence-corrected chi connectivity index (χ2v) is 5.43. The Balaban J connectivity index is 2.01. The largest absolute Gasteiger partial charge is 0.357 e. The predicted octanol–water partition coefficient (Wildman–Crippen LogP) is 2.38. The maximum Gasteiger partial charge on any atom is 0.191 e. The molecule has 0 fully saturated rings. The quantitative estimate of drug-likeness (QED) is 0.647. The molecule has 1 aromatic heterocycles. The summed E-state index contributed by atoms with van der Waals surface area (Å²) in [6.45, 7) is 3.77. The van der Waals surface area contributed by atoms with Crippen LogP contribution in [0.5, 0.6) is 0 Å². The van der Waals surface area contributed by atoms with E-state index in [0.717, 1.165) is 17.9 Å². The molecule has 118 valence electrons. The van der Waals surface area contributed by atoms with Crippen molar-refractivity contribution >= 4 is 29.2 Å². The van der Waals surface area contributed by atoms with Crippen LogP contribution in [0.2, 0.25) is 10.0 Å². The molecule has 0 spiro atoms. The van der Waals surface area contributed by atoms with Gasteiger partial charge in [-0.15, -0.1) is 0 Å². The fraction of sp³-hybridized carbons (Fsp3) is 0.357. The fourth-order valence-corrected chi connectivity index (χ4v) is 2.27. The number of aliphatic imine (C=N–C) groups is 1. The van der Waals surface area contributed by atoms with Gasteiger partial charge in [0, 0.05) is 23.6 Å². The van der Waals surface area contributed by atoms with Crippen LogP contribution in [0.3, 0.4) is 0 Å². The van der Waals surface area contributed by atoms with E-state index in [0.29, 0.717) is 29.1 Å². The van der Waals surface area contributed by atoms with E-state index in [1.165, 1.54) is 6.33 Å². The zero-order valence-electron chi connectivity index (χ0n) is 12.5. The predicted molar refractivity (Wildman–Crippen MR) is 89.1 cm³/mol. The maximum absolute atomic E-state index is 6.15. The first-order chi connectivity index (χ1) is 10.6. The second-order valence-electron chi connectivity index (χ2n) is 4.58. The summed E-state index contributed by atoms with van der Waals surface area (Å²) in [5.74, 6) is 1.52. The number of aryl methyl sites for hydroxylation is 1. The molecular weight excluding hydrogens is 323 g/mol. The van der Waals surface area contributed by atoms with Gasteiger partial charge < -0.3 is 10.6 Å². The van der Waals surface area contributed by atoms with Gasteiger partial charge >= 0.3 is 0 Å².